The zero-order chi connectivity index (χ0) is 11.4. The Kier molecular flexibility index (Phi) is 3.47. The summed E-state index contributed by atoms with van der Waals surface area (Å²) in [5.41, 5.74) is 1.14. The van der Waals surface area contributed by atoms with Gasteiger partial charge < -0.3 is 14.5 Å². The highest BCUT2D eigenvalue weighted by Crippen LogP contribution is 2.21. The Morgan fingerprint density at radius 1 is 1.31 bits per heavy atom. The Morgan fingerprint density at radius 2 is 2.19 bits per heavy atom. The molecule has 3 nitrogen and oxygen atoms in total. The molecular formula is C13H17NO2. The van der Waals surface area contributed by atoms with Crippen LogP contribution in [0.5, 0.6) is 5.75 Å². The number of aromatic nitrogens is 1. The zero-order valence-corrected chi connectivity index (χ0v) is 9.69. The molecule has 1 unspecified atom stereocenters. The van der Waals surface area contributed by atoms with Crippen LogP contribution in [0.4, 0.5) is 0 Å². The third-order valence-corrected chi connectivity index (χ3v) is 2.59. The third kappa shape index (κ3) is 2.55. The van der Waals surface area contributed by atoms with Gasteiger partial charge in [0.1, 0.15) is 5.75 Å². The molecule has 3 heteroatoms. The second-order valence-corrected chi connectivity index (χ2v) is 3.94. The van der Waals surface area contributed by atoms with Crippen molar-refractivity contribution in [3.05, 3.63) is 30.5 Å². The van der Waals surface area contributed by atoms with Gasteiger partial charge in [0.25, 0.3) is 0 Å². The van der Waals surface area contributed by atoms with Crippen molar-refractivity contribution < 1.29 is 9.47 Å². The molecule has 0 saturated carbocycles. The van der Waals surface area contributed by atoms with Crippen molar-refractivity contribution in [2.45, 2.75) is 19.4 Å². The Labute approximate surface area is 95.4 Å². The lowest BCUT2D eigenvalue weighted by atomic mass is 10.2. The molecular weight excluding hydrogens is 202 g/mol. The van der Waals surface area contributed by atoms with Crippen LogP contribution in [-0.2, 0) is 4.74 Å². The number of fused-ring (bicyclic) bond motifs is 1. The molecule has 1 N–H and O–H groups in total. The first-order chi connectivity index (χ1) is 7.79. The van der Waals surface area contributed by atoms with E-state index in [1.165, 1.54) is 5.39 Å². The first-order valence-corrected chi connectivity index (χ1v) is 5.52. The molecule has 0 aliphatic heterocycles. The highest BCUT2D eigenvalue weighted by atomic mass is 16.5. The standard InChI is InChI=1S/C13H17NO2/c1-10(6-8-15-2)16-12-3-4-13-11(9-12)5-7-14-13/h3-5,7,9-10,14H,6,8H2,1-2H3. The highest BCUT2D eigenvalue weighted by molar-refractivity contribution is 5.80. The van der Waals surface area contributed by atoms with E-state index in [1.807, 2.05) is 24.4 Å². The maximum atomic E-state index is 5.80. The number of ether oxygens (including phenoxy) is 2. The molecule has 0 fully saturated rings. The van der Waals surface area contributed by atoms with Crippen LogP contribution >= 0.6 is 0 Å². The van der Waals surface area contributed by atoms with Gasteiger partial charge >= 0.3 is 0 Å². The summed E-state index contributed by atoms with van der Waals surface area (Å²) in [7, 11) is 1.71. The van der Waals surface area contributed by atoms with Crippen LogP contribution in [0.25, 0.3) is 10.9 Å². The predicted molar refractivity (Wildman–Crippen MR) is 64.9 cm³/mol. The van der Waals surface area contributed by atoms with Crippen LogP contribution in [0.3, 0.4) is 0 Å². The van der Waals surface area contributed by atoms with Gasteiger partial charge in [0.05, 0.1) is 6.10 Å². The van der Waals surface area contributed by atoms with Crippen LogP contribution in [0.1, 0.15) is 13.3 Å². The van der Waals surface area contributed by atoms with Crippen molar-refractivity contribution in [3.8, 4) is 5.75 Å². The number of benzene rings is 1. The number of aromatic amines is 1. The number of nitrogens with one attached hydrogen (secondary N) is 1. The molecule has 0 aliphatic rings. The monoisotopic (exact) mass is 219 g/mol. The minimum absolute atomic E-state index is 0.177. The van der Waals surface area contributed by atoms with Crippen LogP contribution in [0.2, 0.25) is 0 Å². The molecule has 0 saturated heterocycles. The molecule has 2 aromatic rings. The average Bonchev–Trinajstić information content (AvgIpc) is 2.73. The normalized spacial score (nSPS) is 12.9. The molecule has 1 aromatic carbocycles. The molecule has 0 radical (unpaired) electrons. The van der Waals surface area contributed by atoms with Crippen molar-refractivity contribution in [2.24, 2.45) is 0 Å². The molecule has 1 atom stereocenters. The van der Waals surface area contributed by atoms with E-state index in [2.05, 4.69) is 18.0 Å². The van der Waals surface area contributed by atoms with Crippen molar-refractivity contribution in [2.75, 3.05) is 13.7 Å². The van der Waals surface area contributed by atoms with Crippen LogP contribution in [0, 0.1) is 0 Å². The fourth-order valence-electron chi connectivity index (χ4n) is 1.68. The second kappa shape index (κ2) is 5.03. The van der Waals surface area contributed by atoms with Crippen molar-refractivity contribution in [3.63, 3.8) is 0 Å². The molecule has 0 spiro atoms. The first kappa shape index (κ1) is 11.0. The second-order valence-electron chi connectivity index (χ2n) is 3.94. The topological polar surface area (TPSA) is 34.2 Å². The minimum atomic E-state index is 0.177. The van der Waals surface area contributed by atoms with Crippen LogP contribution in [0.15, 0.2) is 30.5 Å². The smallest absolute Gasteiger partial charge is 0.120 e. The summed E-state index contributed by atoms with van der Waals surface area (Å²) < 4.78 is 10.8. The number of hydrogen-bond donors (Lipinski definition) is 1. The summed E-state index contributed by atoms with van der Waals surface area (Å²) in [6.07, 6.45) is 3.01. The minimum Gasteiger partial charge on any atom is -0.491 e. The van der Waals surface area contributed by atoms with E-state index in [4.69, 9.17) is 9.47 Å². The summed E-state index contributed by atoms with van der Waals surface area (Å²) in [5.74, 6) is 0.913. The fraction of sp³-hybridized carbons (Fsp3) is 0.385. The van der Waals surface area contributed by atoms with Gasteiger partial charge in [-0.1, -0.05) is 0 Å². The maximum Gasteiger partial charge on any atom is 0.120 e. The van der Waals surface area contributed by atoms with E-state index >= 15 is 0 Å². The largest absolute Gasteiger partial charge is 0.491 e. The van der Waals surface area contributed by atoms with E-state index in [9.17, 15) is 0 Å². The van der Waals surface area contributed by atoms with Crippen LogP contribution in [-0.4, -0.2) is 24.8 Å². The molecule has 1 aromatic heterocycles. The molecule has 0 amide bonds. The lowest BCUT2D eigenvalue weighted by molar-refractivity contribution is 0.135. The van der Waals surface area contributed by atoms with Gasteiger partial charge in [-0.3, -0.25) is 0 Å². The maximum absolute atomic E-state index is 5.80. The highest BCUT2D eigenvalue weighted by Gasteiger charge is 2.04. The van der Waals surface area contributed by atoms with Gasteiger partial charge in [-0.2, -0.15) is 0 Å². The van der Waals surface area contributed by atoms with E-state index in [-0.39, 0.29) is 6.10 Å². The van der Waals surface area contributed by atoms with E-state index in [0.29, 0.717) is 0 Å². The lowest BCUT2D eigenvalue weighted by Gasteiger charge is -2.14. The van der Waals surface area contributed by atoms with Gasteiger partial charge in [0.2, 0.25) is 0 Å². The van der Waals surface area contributed by atoms with E-state index in [0.717, 1.165) is 24.3 Å². The number of rotatable bonds is 5. The molecule has 86 valence electrons. The summed E-state index contributed by atoms with van der Waals surface area (Å²) >= 11 is 0. The summed E-state index contributed by atoms with van der Waals surface area (Å²) in [6.45, 7) is 2.79. The SMILES string of the molecule is COCCC(C)Oc1ccc2[nH]ccc2c1. The quantitative estimate of drug-likeness (QED) is 0.838. The number of hydrogen-bond acceptors (Lipinski definition) is 2. The zero-order valence-electron chi connectivity index (χ0n) is 9.69. The van der Waals surface area contributed by atoms with Crippen molar-refractivity contribution in [1.82, 2.24) is 4.98 Å². The van der Waals surface area contributed by atoms with Gasteiger partial charge in [0.15, 0.2) is 0 Å². The van der Waals surface area contributed by atoms with Crippen LogP contribution < -0.4 is 4.74 Å². The molecule has 2 rings (SSSR count). The van der Waals surface area contributed by atoms with Gasteiger partial charge in [-0.05, 0) is 31.2 Å². The number of methoxy groups -OCH3 is 1. The summed E-state index contributed by atoms with van der Waals surface area (Å²) in [5, 5.41) is 1.18. The lowest BCUT2D eigenvalue weighted by Crippen LogP contribution is -2.14. The predicted octanol–water partition coefficient (Wildman–Crippen LogP) is 2.97. The van der Waals surface area contributed by atoms with Gasteiger partial charge in [0, 0.05) is 37.2 Å². The van der Waals surface area contributed by atoms with Gasteiger partial charge in [-0.25, -0.2) is 0 Å². The third-order valence-electron chi connectivity index (χ3n) is 2.59. The Morgan fingerprint density at radius 3 is 3.00 bits per heavy atom. The first-order valence-electron chi connectivity index (χ1n) is 5.52. The van der Waals surface area contributed by atoms with Crippen molar-refractivity contribution >= 4 is 10.9 Å². The Balaban J connectivity index is 2.03. The van der Waals surface area contributed by atoms with Gasteiger partial charge in [-0.15, -0.1) is 0 Å². The molecule has 16 heavy (non-hydrogen) atoms. The fourth-order valence-corrected chi connectivity index (χ4v) is 1.68. The Hall–Kier alpha value is -1.48. The molecule has 0 aliphatic carbocycles. The summed E-state index contributed by atoms with van der Waals surface area (Å²) in [6, 6.07) is 8.12. The number of H-pyrrole nitrogens is 1. The van der Waals surface area contributed by atoms with E-state index < -0.39 is 0 Å². The molecule has 0 bridgehead atoms. The van der Waals surface area contributed by atoms with E-state index in [1.54, 1.807) is 7.11 Å². The average molecular weight is 219 g/mol. The Bertz CT molecular complexity index is 450. The molecule has 1 heterocycles. The van der Waals surface area contributed by atoms with Crippen molar-refractivity contribution in [1.29, 1.82) is 0 Å². The summed E-state index contributed by atoms with van der Waals surface area (Å²) in [4.78, 5) is 3.16.